The summed E-state index contributed by atoms with van der Waals surface area (Å²) in [6.07, 6.45) is 4.01. The zero-order chi connectivity index (χ0) is 10.6. The summed E-state index contributed by atoms with van der Waals surface area (Å²) in [5.41, 5.74) is 5.59. The highest BCUT2D eigenvalue weighted by molar-refractivity contribution is 5.81. The smallest absolute Gasteiger partial charge is 0.237 e. The molecule has 4 nitrogen and oxygen atoms in total. The summed E-state index contributed by atoms with van der Waals surface area (Å²) < 4.78 is 0. The monoisotopic (exact) mass is 200 g/mol. The number of aliphatic hydroxyl groups excluding tert-OH is 1. The van der Waals surface area contributed by atoms with Crippen molar-refractivity contribution in [3.05, 3.63) is 0 Å². The topological polar surface area (TPSA) is 75.4 Å². The van der Waals surface area contributed by atoms with E-state index in [2.05, 4.69) is 5.32 Å². The first-order chi connectivity index (χ1) is 6.65. The van der Waals surface area contributed by atoms with Crippen LogP contribution in [0, 0.1) is 0 Å². The Labute approximate surface area is 84.9 Å². The maximum atomic E-state index is 11.4. The Morgan fingerprint density at radius 2 is 2.21 bits per heavy atom. The van der Waals surface area contributed by atoms with E-state index < -0.39 is 12.1 Å². The first-order valence-corrected chi connectivity index (χ1v) is 5.39. The third-order valence-electron chi connectivity index (χ3n) is 2.83. The van der Waals surface area contributed by atoms with Gasteiger partial charge in [0.15, 0.2) is 0 Å². The highest BCUT2D eigenvalue weighted by Crippen LogP contribution is 2.18. The van der Waals surface area contributed by atoms with Gasteiger partial charge in [0.25, 0.3) is 0 Å². The third kappa shape index (κ3) is 2.96. The van der Waals surface area contributed by atoms with Crippen molar-refractivity contribution in [2.24, 2.45) is 5.73 Å². The van der Waals surface area contributed by atoms with E-state index in [1.165, 1.54) is 0 Å². The highest BCUT2D eigenvalue weighted by Gasteiger charge is 2.25. The third-order valence-corrected chi connectivity index (χ3v) is 2.83. The number of rotatable bonds is 3. The van der Waals surface area contributed by atoms with Crippen LogP contribution in [-0.2, 0) is 4.79 Å². The number of carbonyl (C=O) groups is 1. The van der Waals surface area contributed by atoms with E-state index in [1.54, 1.807) is 0 Å². The van der Waals surface area contributed by atoms with Gasteiger partial charge in [0.2, 0.25) is 5.91 Å². The Morgan fingerprint density at radius 1 is 1.57 bits per heavy atom. The van der Waals surface area contributed by atoms with Crippen LogP contribution >= 0.6 is 0 Å². The Kier molecular flexibility index (Phi) is 4.35. The van der Waals surface area contributed by atoms with Gasteiger partial charge in [0, 0.05) is 0 Å². The van der Waals surface area contributed by atoms with Crippen molar-refractivity contribution in [2.75, 3.05) is 0 Å². The molecule has 1 amide bonds. The van der Waals surface area contributed by atoms with Crippen molar-refractivity contribution < 1.29 is 9.90 Å². The van der Waals surface area contributed by atoms with Gasteiger partial charge >= 0.3 is 0 Å². The molecule has 82 valence electrons. The van der Waals surface area contributed by atoms with E-state index >= 15 is 0 Å². The van der Waals surface area contributed by atoms with E-state index in [1.807, 2.05) is 6.92 Å². The molecule has 3 atom stereocenters. The molecule has 1 aliphatic rings. The lowest BCUT2D eigenvalue weighted by atomic mass is 9.92. The maximum absolute atomic E-state index is 11.4. The predicted molar refractivity (Wildman–Crippen MR) is 54.7 cm³/mol. The molecule has 1 rings (SSSR count). The second-order valence-electron chi connectivity index (χ2n) is 3.98. The van der Waals surface area contributed by atoms with Crippen molar-refractivity contribution >= 4 is 5.91 Å². The second kappa shape index (κ2) is 5.32. The minimum atomic E-state index is -0.441. The minimum absolute atomic E-state index is 0.0890. The molecule has 14 heavy (non-hydrogen) atoms. The van der Waals surface area contributed by atoms with Gasteiger partial charge in [-0.2, -0.15) is 0 Å². The van der Waals surface area contributed by atoms with Crippen molar-refractivity contribution in [3.8, 4) is 0 Å². The lowest BCUT2D eigenvalue weighted by Crippen LogP contribution is -2.50. The molecule has 0 heterocycles. The molecule has 4 heteroatoms. The fraction of sp³-hybridized carbons (Fsp3) is 0.900. The molecule has 0 spiro atoms. The largest absolute Gasteiger partial charge is 0.391 e. The molecule has 0 aromatic carbocycles. The minimum Gasteiger partial charge on any atom is -0.391 e. The van der Waals surface area contributed by atoms with Gasteiger partial charge in [-0.3, -0.25) is 4.79 Å². The molecule has 1 fully saturated rings. The Morgan fingerprint density at radius 3 is 2.79 bits per heavy atom. The van der Waals surface area contributed by atoms with Crippen molar-refractivity contribution in [3.63, 3.8) is 0 Å². The van der Waals surface area contributed by atoms with E-state index in [9.17, 15) is 9.90 Å². The van der Waals surface area contributed by atoms with E-state index in [0.29, 0.717) is 6.42 Å². The summed E-state index contributed by atoms with van der Waals surface area (Å²) in [5, 5.41) is 12.4. The molecule has 0 saturated heterocycles. The summed E-state index contributed by atoms with van der Waals surface area (Å²) in [6, 6.07) is -0.530. The SMILES string of the molecule is CC[C@@H](N)C(=O)N[C@@H]1CCCC[C@H]1O. The van der Waals surface area contributed by atoms with Crippen LogP contribution in [0.5, 0.6) is 0 Å². The van der Waals surface area contributed by atoms with Crippen LogP contribution in [-0.4, -0.2) is 29.2 Å². The van der Waals surface area contributed by atoms with Crippen LogP contribution in [0.4, 0.5) is 0 Å². The second-order valence-corrected chi connectivity index (χ2v) is 3.98. The van der Waals surface area contributed by atoms with Crippen molar-refractivity contribution in [2.45, 2.75) is 57.2 Å². The van der Waals surface area contributed by atoms with E-state index in [-0.39, 0.29) is 11.9 Å². The number of aliphatic hydroxyl groups is 1. The summed E-state index contributed by atoms with van der Waals surface area (Å²) in [7, 11) is 0. The number of hydrogen-bond donors (Lipinski definition) is 3. The lowest BCUT2D eigenvalue weighted by molar-refractivity contribution is -0.124. The molecular formula is C10H20N2O2. The summed E-state index contributed by atoms with van der Waals surface area (Å²) >= 11 is 0. The highest BCUT2D eigenvalue weighted by atomic mass is 16.3. The Bertz CT molecular complexity index is 197. The van der Waals surface area contributed by atoms with Crippen LogP contribution in [0.15, 0.2) is 0 Å². The number of amides is 1. The zero-order valence-electron chi connectivity index (χ0n) is 8.70. The maximum Gasteiger partial charge on any atom is 0.237 e. The van der Waals surface area contributed by atoms with Crippen LogP contribution in [0.3, 0.4) is 0 Å². The number of hydrogen-bond acceptors (Lipinski definition) is 3. The van der Waals surface area contributed by atoms with Crippen molar-refractivity contribution in [1.29, 1.82) is 0 Å². The summed E-state index contributed by atoms with van der Waals surface area (Å²) in [5.74, 6) is -0.140. The molecule has 0 unspecified atom stereocenters. The average Bonchev–Trinajstić information content (AvgIpc) is 2.20. The van der Waals surface area contributed by atoms with Gasteiger partial charge < -0.3 is 16.2 Å². The lowest BCUT2D eigenvalue weighted by Gasteiger charge is -2.29. The van der Waals surface area contributed by atoms with Crippen LogP contribution < -0.4 is 11.1 Å². The summed E-state index contributed by atoms with van der Waals surface area (Å²) in [6.45, 7) is 1.88. The van der Waals surface area contributed by atoms with E-state index in [4.69, 9.17) is 5.73 Å². The van der Waals surface area contributed by atoms with Gasteiger partial charge in [-0.05, 0) is 19.3 Å². The average molecular weight is 200 g/mol. The van der Waals surface area contributed by atoms with Gasteiger partial charge in [0.1, 0.15) is 0 Å². The Balaban J connectivity index is 2.38. The normalized spacial score (nSPS) is 29.6. The molecule has 0 aromatic rings. The van der Waals surface area contributed by atoms with Crippen LogP contribution in [0.2, 0.25) is 0 Å². The molecule has 0 bridgehead atoms. The van der Waals surface area contributed by atoms with Crippen LogP contribution in [0.25, 0.3) is 0 Å². The fourth-order valence-electron chi connectivity index (χ4n) is 1.75. The first kappa shape index (κ1) is 11.5. The molecular weight excluding hydrogens is 180 g/mol. The molecule has 4 N–H and O–H groups in total. The quantitative estimate of drug-likeness (QED) is 0.606. The first-order valence-electron chi connectivity index (χ1n) is 5.39. The van der Waals surface area contributed by atoms with Gasteiger partial charge in [-0.15, -0.1) is 0 Å². The van der Waals surface area contributed by atoms with Crippen molar-refractivity contribution in [1.82, 2.24) is 5.32 Å². The Hall–Kier alpha value is -0.610. The van der Waals surface area contributed by atoms with E-state index in [0.717, 1.165) is 25.7 Å². The van der Waals surface area contributed by atoms with Gasteiger partial charge in [-0.25, -0.2) is 0 Å². The predicted octanol–water partition coefficient (Wildman–Crippen LogP) is 0.143. The summed E-state index contributed by atoms with van der Waals surface area (Å²) in [4.78, 5) is 11.4. The molecule has 1 saturated carbocycles. The molecule has 0 aromatic heterocycles. The fourth-order valence-corrected chi connectivity index (χ4v) is 1.75. The van der Waals surface area contributed by atoms with Crippen LogP contribution in [0.1, 0.15) is 39.0 Å². The number of carbonyl (C=O) groups excluding carboxylic acids is 1. The number of nitrogens with two attached hydrogens (primary N) is 1. The molecule has 0 aliphatic heterocycles. The molecule has 0 radical (unpaired) electrons. The van der Waals surface area contributed by atoms with Gasteiger partial charge in [-0.1, -0.05) is 19.8 Å². The standard InChI is InChI=1S/C10H20N2O2/c1-2-7(11)10(14)12-8-5-3-4-6-9(8)13/h7-9,13H,2-6,11H2,1H3,(H,12,14)/t7-,8-,9-/m1/s1. The number of nitrogens with one attached hydrogen (secondary N) is 1. The zero-order valence-corrected chi connectivity index (χ0v) is 8.70. The molecule has 1 aliphatic carbocycles. The van der Waals surface area contributed by atoms with Gasteiger partial charge in [0.05, 0.1) is 18.2 Å².